The Morgan fingerprint density at radius 3 is 2.41 bits per heavy atom. The van der Waals surface area contributed by atoms with Crippen LogP contribution >= 0.6 is 11.8 Å². The van der Waals surface area contributed by atoms with Gasteiger partial charge in [-0.25, -0.2) is 9.78 Å². The van der Waals surface area contributed by atoms with Crippen LogP contribution in [-0.4, -0.2) is 34.3 Å². The molecule has 0 spiro atoms. The molecule has 7 heteroatoms. The Labute approximate surface area is 161 Å². The number of thioether (sulfide) groups is 1. The van der Waals surface area contributed by atoms with E-state index in [-0.39, 0.29) is 18.2 Å². The maximum Gasteiger partial charge on any atom is 0.357 e. The predicted molar refractivity (Wildman–Crippen MR) is 104 cm³/mol. The van der Waals surface area contributed by atoms with Crippen LogP contribution in [0.3, 0.4) is 0 Å². The van der Waals surface area contributed by atoms with E-state index in [0.29, 0.717) is 11.7 Å². The third kappa shape index (κ3) is 4.77. The van der Waals surface area contributed by atoms with Crippen LogP contribution < -0.4 is 5.32 Å². The Morgan fingerprint density at radius 1 is 1.07 bits per heavy atom. The van der Waals surface area contributed by atoms with Crippen molar-refractivity contribution in [3.8, 4) is 5.69 Å². The van der Waals surface area contributed by atoms with Crippen molar-refractivity contribution < 1.29 is 14.3 Å². The second-order valence-electron chi connectivity index (χ2n) is 5.64. The van der Waals surface area contributed by atoms with Crippen LogP contribution in [-0.2, 0) is 16.1 Å². The molecule has 0 saturated heterocycles. The van der Waals surface area contributed by atoms with Crippen molar-refractivity contribution in [2.24, 2.45) is 0 Å². The molecule has 3 rings (SSSR count). The number of carbonyl (C=O) groups excluding carboxylic acids is 2. The maximum absolute atomic E-state index is 12.5. The highest BCUT2D eigenvalue weighted by Gasteiger charge is 2.19. The number of rotatable bonds is 7. The molecule has 1 amide bonds. The molecule has 0 unspecified atom stereocenters. The van der Waals surface area contributed by atoms with Gasteiger partial charge in [0.25, 0.3) is 5.91 Å². The summed E-state index contributed by atoms with van der Waals surface area (Å²) in [6.07, 6.45) is 3.34. The number of aromatic nitrogens is 2. The van der Waals surface area contributed by atoms with E-state index >= 15 is 0 Å². The van der Waals surface area contributed by atoms with E-state index in [1.165, 1.54) is 18.0 Å². The average molecular weight is 381 g/mol. The standard InChI is InChI=1S/C20H19N3O3S/c1-27-20-22-13-17(23(20)16-10-6-3-7-11-16)19(25)26-14-18(24)21-12-15-8-4-2-5-9-15/h2-11,13H,12,14H2,1H3,(H,21,24). The van der Waals surface area contributed by atoms with Gasteiger partial charge in [0.2, 0.25) is 0 Å². The molecule has 138 valence electrons. The SMILES string of the molecule is CSc1ncc(C(=O)OCC(=O)NCc2ccccc2)n1-c1ccccc1. The summed E-state index contributed by atoms with van der Waals surface area (Å²) in [6, 6.07) is 18.9. The highest BCUT2D eigenvalue weighted by molar-refractivity contribution is 7.98. The highest BCUT2D eigenvalue weighted by Crippen LogP contribution is 2.22. The van der Waals surface area contributed by atoms with Crippen molar-refractivity contribution in [1.82, 2.24) is 14.9 Å². The summed E-state index contributed by atoms with van der Waals surface area (Å²) in [5, 5.41) is 3.39. The summed E-state index contributed by atoms with van der Waals surface area (Å²) in [5.74, 6) is -0.954. The number of nitrogens with zero attached hydrogens (tertiary/aromatic N) is 2. The van der Waals surface area contributed by atoms with Gasteiger partial charge in [-0.05, 0) is 24.0 Å². The lowest BCUT2D eigenvalue weighted by Crippen LogP contribution is -2.28. The van der Waals surface area contributed by atoms with Crippen molar-refractivity contribution in [2.75, 3.05) is 12.9 Å². The highest BCUT2D eigenvalue weighted by atomic mass is 32.2. The molecular weight excluding hydrogens is 362 g/mol. The number of nitrogens with one attached hydrogen (secondary N) is 1. The van der Waals surface area contributed by atoms with E-state index in [2.05, 4.69) is 10.3 Å². The topological polar surface area (TPSA) is 73.2 Å². The van der Waals surface area contributed by atoms with E-state index < -0.39 is 5.97 Å². The molecule has 1 heterocycles. The zero-order valence-electron chi connectivity index (χ0n) is 14.8. The van der Waals surface area contributed by atoms with E-state index in [1.807, 2.05) is 66.9 Å². The number of hydrogen-bond acceptors (Lipinski definition) is 5. The van der Waals surface area contributed by atoms with Gasteiger partial charge >= 0.3 is 5.97 Å². The minimum Gasteiger partial charge on any atom is -0.451 e. The molecule has 0 saturated carbocycles. The largest absolute Gasteiger partial charge is 0.451 e. The van der Waals surface area contributed by atoms with Gasteiger partial charge in [0.1, 0.15) is 0 Å². The number of amides is 1. The fourth-order valence-corrected chi connectivity index (χ4v) is 3.05. The van der Waals surface area contributed by atoms with Gasteiger partial charge in [0.15, 0.2) is 17.5 Å². The molecule has 3 aromatic rings. The first kappa shape index (κ1) is 18.7. The summed E-state index contributed by atoms with van der Waals surface area (Å²) in [4.78, 5) is 28.7. The molecule has 0 fully saturated rings. The molecule has 27 heavy (non-hydrogen) atoms. The monoisotopic (exact) mass is 381 g/mol. The molecule has 0 aliphatic rings. The van der Waals surface area contributed by atoms with Crippen LogP contribution in [0.1, 0.15) is 16.1 Å². The smallest absolute Gasteiger partial charge is 0.357 e. The molecule has 0 aliphatic carbocycles. The maximum atomic E-state index is 12.5. The number of esters is 1. The van der Waals surface area contributed by atoms with Gasteiger partial charge in [0, 0.05) is 12.2 Å². The van der Waals surface area contributed by atoms with Crippen molar-refractivity contribution >= 4 is 23.6 Å². The Bertz CT molecular complexity index is 911. The fourth-order valence-electron chi connectivity index (χ4n) is 2.50. The Balaban J connectivity index is 1.63. The molecule has 0 aliphatic heterocycles. The van der Waals surface area contributed by atoms with Crippen LogP contribution in [0.5, 0.6) is 0 Å². The number of carbonyl (C=O) groups is 2. The van der Waals surface area contributed by atoms with E-state index in [1.54, 1.807) is 4.57 Å². The lowest BCUT2D eigenvalue weighted by Gasteiger charge is -2.11. The first-order valence-corrected chi connectivity index (χ1v) is 9.56. The third-order valence-electron chi connectivity index (χ3n) is 3.80. The number of imidazole rings is 1. The first-order chi connectivity index (χ1) is 13.2. The van der Waals surface area contributed by atoms with Crippen LogP contribution in [0, 0.1) is 0 Å². The molecule has 1 aromatic heterocycles. The zero-order valence-corrected chi connectivity index (χ0v) is 15.6. The minimum absolute atomic E-state index is 0.279. The van der Waals surface area contributed by atoms with Gasteiger partial charge in [-0.1, -0.05) is 60.3 Å². The number of para-hydroxylation sites is 1. The molecular formula is C20H19N3O3S. The number of ether oxygens (including phenoxy) is 1. The van der Waals surface area contributed by atoms with Gasteiger partial charge in [-0.2, -0.15) is 0 Å². The summed E-state index contributed by atoms with van der Waals surface area (Å²) < 4.78 is 6.89. The summed E-state index contributed by atoms with van der Waals surface area (Å²) >= 11 is 1.42. The Kier molecular flexibility index (Phi) is 6.27. The normalized spacial score (nSPS) is 10.4. The fraction of sp³-hybridized carbons (Fsp3) is 0.150. The second-order valence-corrected chi connectivity index (χ2v) is 6.41. The first-order valence-electron chi connectivity index (χ1n) is 8.34. The number of benzene rings is 2. The van der Waals surface area contributed by atoms with Gasteiger partial charge in [-0.3, -0.25) is 9.36 Å². The lowest BCUT2D eigenvalue weighted by molar-refractivity contribution is -0.124. The summed E-state index contributed by atoms with van der Waals surface area (Å²) in [5.41, 5.74) is 2.06. The van der Waals surface area contributed by atoms with Crippen molar-refractivity contribution in [3.63, 3.8) is 0 Å². The quantitative estimate of drug-likeness (QED) is 0.503. The van der Waals surface area contributed by atoms with E-state index in [0.717, 1.165) is 11.3 Å². The van der Waals surface area contributed by atoms with Gasteiger partial charge in [-0.15, -0.1) is 0 Å². The number of hydrogen-bond donors (Lipinski definition) is 1. The summed E-state index contributed by atoms with van der Waals surface area (Å²) in [7, 11) is 0. The van der Waals surface area contributed by atoms with Crippen molar-refractivity contribution in [3.05, 3.63) is 78.1 Å². The van der Waals surface area contributed by atoms with Crippen LogP contribution in [0.15, 0.2) is 72.0 Å². The van der Waals surface area contributed by atoms with Crippen molar-refractivity contribution in [1.29, 1.82) is 0 Å². The Hall–Kier alpha value is -3.06. The lowest BCUT2D eigenvalue weighted by atomic mass is 10.2. The average Bonchev–Trinajstić information content (AvgIpc) is 3.16. The summed E-state index contributed by atoms with van der Waals surface area (Å²) in [6.45, 7) is 0.0377. The predicted octanol–water partition coefficient (Wildman–Crippen LogP) is 3.07. The minimum atomic E-state index is -0.596. The second kappa shape index (κ2) is 9.05. The van der Waals surface area contributed by atoms with Crippen LogP contribution in [0.4, 0.5) is 0 Å². The molecule has 0 bridgehead atoms. The van der Waals surface area contributed by atoms with E-state index in [4.69, 9.17) is 4.74 Å². The Morgan fingerprint density at radius 2 is 1.74 bits per heavy atom. The zero-order chi connectivity index (χ0) is 19.1. The molecule has 0 atom stereocenters. The van der Waals surface area contributed by atoms with Crippen LogP contribution in [0.2, 0.25) is 0 Å². The third-order valence-corrected chi connectivity index (χ3v) is 4.46. The van der Waals surface area contributed by atoms with Crippen molar-refractivity contribution in [2.45, 2.75) is 11.7 Å². The molecule has 1 N–H and O–H groups in total. The van der Waals surface area contributed by atoms with E-state index in [9.17, 15) is 9.59 Å². The molecule has 2 aromatic carbocycles. The van der Waals surface area contributed by atoms with Gasteiger partial charge in [0.05, 0.1) is 6.20 Å². The van der Waals surface area contributed by atoms with Crippen LogP contribution in [0.25, 0.3) is 5.69 Å². The molecule has 6 nitrogen and oxygen atoms in total. The van der Waals surface area contributed by atoms with Gasteiger partial charge < -0.3 is 10.1 Å². The molecule has 0 radical (unpaired) electrons.